The zero-order valence-corrected chi connectivity index (χ0v) is 13.0. The highest BCUT2D eigenvalue weighted by Crippen LogP contribution is 2.17. The highest BCUT2D eigenvalue weighted by molar-refractivity contribution is 6.30. The molecular weight excluding hydrogens is 314 g/mol. The van der Waals surface area contributed by atoms with E-state index in [0.717, 1.165) is 0 Å². The minimum atomic E-state index is -0.0455. The topological polar surface area (TPSA) is 57.0 Å². The van der Waals surface area contributed by atoms with Crippen LogP contribution in [-0.2, 0) is 6.54 Å². The van der Waals surface area contributed by atoms with Crippen molar-refractivity contribution in [1.82, 2.24) is 14.8 Å². The quantitative estimate of drug-likeness (QED) is 0.652. The molecule has 0 aliphatic carbocycles. The summed E-state index contributed by atoms with van der Waals surface area (Å²) in [5.74, 6) is 0.661. The largest absolute Gasteiger partial charge is 0.492 e. The van der Waals surface area contributed by atoms with E-state index in [1.807, 2.05) is 0 Å². The van der Waals surface area contributed by atoms with Gasteiger partial charge in [0.15, 0.2) is 5.78 Å². The maximum absolute atomic E-state index is 12.3. The Kier molecular flexibility index (Phi) is 4.68. The summed E-state index contributed by atoms with van der Waals surface area (Å²) in [5, 5.41) is 4.60. The number of carbonyl (C=O) groups is 1. The van der Waals surface area contributed by atoms with Gasteiger partial charge in [-0.15, -0.1) is 0 Å². The van der Waals surface area contributed by atoms with Crippen molar-refractivity contribution in [3.8, 4) is 5.75 Å². The third-order valence-corrected chi connectivity index (χ3v) is 3.53. The lowest BCUT2D eigenvalue weighted by Gasteiger charge is -2.07. The Morgan fingerprint density at radius 1 is 1.04 bits per heavy atom. The van der Waals surface area contributed by atoms with Gasteiger partial charge in [0.1, 0.15) is 25.0 Å². The van der Waals surface area contributed by atoms with Crippen LogP contribution in [0.4, 0.5) is 0 Å². The Morgan fingerprint density at radius 2 is 1.70 bits per heavy atom. The summed E-state index contributed by atoms with van der Waals surface area (Å²) in [5.41, 5.74) is 1.21. The van der Waals surface area contributed by atoms with Gasteiger partial charge in [-0.2, -0.15) is 5.10 Å². The van der Waals surface area contributed by atoms with Crippen molar-refractivity contribution in [2.45, 2.75) is 6.54 Å². The molecule has 0 N–H and O–H groups in total. The van der Waals surface area contributed by atoms with E-state index in [1.165, 1.54) is 6.33 Å². The lowest BCUT2D eigenvalue weighted by atomic mass is 10.0. The molecule has 3 aromatic rings. The van der Waals surface area contributed by atoms with Crippen LogP contribution in [0.2, 0.25) is 5.02 Å². The van der Waals surface area contributed by atoms with E-state index in [0.29, 0.717) is 35.1 Å². The summed E-state index contributed by atoms with van der Waals surface area (Å²) < 4.78 is 7.31. The summed E-state index contributed by atoms with van der Waals surface area (Å²) in [7, 11) is 0. The second kappa shape index (κ2) is 7.07. The molecule has 116 valence electrons. The second-order valence-corrected chi connectivity index (χ2v) is 5.30. The number of halogens is 1. The molecule has 0 spiro atoms. The molecule has 0 aliphatic rings. The van der Waals surface area contributed by atoms with E-state index >= 15 is 0 Å². The predicted octanol–water partition coefficient (Wildman–Crippen LogP) is 3.24. The van der Waals surface area contributed by atoms with Gasteiger partial charge in [-0.3, -0.25) is 4.79 Å². The average molecular weight is 328 g/mol. The number of nitrogens with zero attached hydrogens (tertiary/aromatic N) is 3. The summed E-state index contributed by atoms with van der Waals surface area (Å²) in [6, 6.07) is 13.9. The van der Waals surface area contributed by atoms with Crippen LogP contribution in [0.1, 0.15) is 15.9 Å². The molecule has 0 aliphatic heterocycles. The maximum atomic E-state index is 12.3. The molecule has 0 radical (unpaired) electrons. The molecule has 1 heterocycles. The number of aromatic nitrogens is 3. The van der Waals surface area contributed by atoms with Crippen molar-refractivity contribution >= 4 is 17.4 Å². The van der Waals surface area contributed by atoms with Crippen molar-refractivity contribution < 1.29 is 9.53 Å². The molecule has 23 heavy (non-hydrogen) atoms. The second-order valence-electron chi connectivity index (χ2n) is 4.87. The van der Waals surface area contributed by atoms with Gasteiger partial charge in [0.05, 0.1) is 6.54 Å². The lowest BCUT2D eigenvalue weighted by molar-refractivity contribution is 0.103. The Morgan fingerprint density at radius 3 is 2.30 bits per heavy atom. The van der Waals surface area contributed by atoms with Gasteiger partial charge in [0.2, 0.25) is 0 Å². The van der Waals surface area contributed by atoms with Crippen LogP contribution in [0.25, 0.3) is 0 Å². The van der Waals surface area contributed by atoms with Gasteiger partial charge in [0.25, 0.3) is 0 Å². The minimum absolute atomic E-state index is 0.0455. The lowest BCUT2D eigenvalue weighted by Crippen LogP contribution is -2.08. The van der Waals surface area contributed by atoms with Crippen LogP contribution in [0, 0.1) is 0 Å². The number of hydrogen-bond acceptors (Lipinski definition) is 4. The number of benzene rings is 2. The molecular formula is C17H14ClN3O2. The smallest absolute Gasteiger partial charge is 0.193 e. The zero-order chi connectivity index (χ0) is 16.1. The summed E-state index contributed by atoms with van der Waals surface area (Å²) in [4.78, 5) is 16.2. The molecule has 0 saturated carbocycles. The number of rotatable bonds is 6. The van der Waals surface area contributed by atoms with E-state index in [1.54, 1.807) is 59.5 Å². The molecule has 2 aromatic carbocycles. The first kappa shape index (κ1) is 15.2. The molecule has 0 bridgehead atoms. The van der Waals surface area contributed by atoms with Crippen LogP contribution in [-0.4, -0.2) is 27.2 Å². The Labute approximate surface area is 138 Å². The average Bonchev–Trinajstić information content (AvgIpc) is 3.09. The van der Waals surface area contributed by atoms with Gasteiger partial charge in [0, 0.05) is 16.1 Å². The van der Waals surface area contributed by atoms with Gasteiger partial charge in [-0.1, -0.05) is 11.6 Å². The number of ketones is 1. The molecule has 0 saturated heterocycles. The van der Waals surface area contributed by atoms with Crippen molar-refractivity contribution in [3.63, 3.8) is 0 Å². The fraction of sp³-hybridized carbons (Fsp3) is 0.118. The van der Waals surface area contributed by atoms with Crippen LogP contribution in [0.15, 0.2) is 61.2 Å². The minimum Gasteiger partial charge on any atom is -0.492 e. The van der Waals surface area contributed by atoms with Gasteiger partial charge < -0.3 is 4.74 Å². The van der Waals surface area contributed by atoms with Gasteiger partial charge in [-0.25, -0.2) is 9.67 Å². The van der Waals surface area contributed by atoms with E-state index in [-0.39, 0.29) is 5.78 Å². The summed E-state index contributed by atoms with van der Waals surface area (Å²) in [6.45, 7) is 1.10. The molecule has 0 unspecified atom stereocenters. The molecule has 0 amide bonds. The Bertz CT molecular complexity index is 769. The van der Waals surface area contributed by atoms with Gasteiger partial charge in [-0.05, 0) is 48.5 Å². The molecule has 6 heteroatoms. The fourth-order valence-corrected chi connectivity index (χ4v) is 2.20. The zero-order valence-electron chi connectivity index (χ0n) is 12.2. The van der Waals surface area contributed by atoms with Crippen molar-refractivity contribution in [1.29, 1.82) is 0 Å². The Balaban J connectivity index is 1.60. The molecule has 3 rings (SSSR count). The van der Waals surface area contributed by atoms with E-state index in [2.05, 4.69) is 10.1 Å². The molecule has 1 aromatic heterocycles. The van der Waals surface area contributed by atoms with Gasteiger partial charge >= 0.3 is 0 Å². The van der Waals surface area contributed by atoms with E-state index < -0.39 is 0 Å². The van der Waals surface area contributed by atoms with Crippen LogP contribution in [0.5, 0.6) is 5.75 Å². The number of ether oxygens (including phenoxy) is 1. The summed E-state index contributed by atoms with van der Waals surface area (Å²) in [6.07, 6.45) is 3.12. The first-order valence-electron chi connectivity index (χ1n) is 7.08. The Hall–Kier alpha value is -2.66. The predicted molar refractivity (Wildman–Crippen MR) is 86.8 cm³/mol. The molecule has 0 fully saturated rings. The SMILES string of the molecule is O=C(c1ccc(Cl)cc1)c1ccc(OCCn2cncn2)cc1. The molecule has 5 nitrogen and oxygen atoms in total. The van der Waals surface area contributed by atoms with Crippen LogP contribution in [0.3, 0.4) is 0 Å². The number of carbonyl (C=O) groups excluding carboxylic acids is 1. The van der Waals surface area contributed by atoms with Crippen LogP contribution >= 0.6 is 11.6 Å². The monoisotopic (exact) mass is 327 g/mol. The highest BCUT2D eigenvalue weighted by Gasteiger charge is 2.09. The van der Waals surface area contributed by atoms with Crippen molar-refractivity contribution in [3.05, 3.63) is 77.3 Å². The van der Waals surface area contributed by atoms with Crippen molar-refractivity contribution in [2.24, 2.45) is 0 Å². The number of hydrogen-bond donors (Lipinski definition) is 0. The first-order valence-corrected chi connectivity index (χ1v) is 7.46. The van der Waals surface area contributed by atoms with E-state index in [9.17, 15) is 4.79 Å². The highest BCUT2D eigenvalue weighted by atomic mass is 35.5. The third kappa shape index (κ3) is 3.96. The normalized spacial score (nSPS) is 10.5. The fourth-order valence-electron chi connectivity index (χ4n) is 2.08. The van der Waals surface area contributed by atoms with E-state index in [4.69, 9.17) is 16.3 Å². The van der Waals surface area contributed by atoms with Crippen molar-refractivity contribution in [2.75, 3.05) is 6.61 Å². The standard InChI is InChI=1S/C17H14ClN3O2/c18-15-5-1-13(2-6-15)17(22)14-3-7-16(8-4-14)23-10-9-21-12-19-11-20-21/h1-8,11-12H,9-10H2. The maximum Gasteiger partial charge on any atom is 0.193 e. The van der Waals surface area contributed by atoms with Crippen LogP contribution < -0.4 is 4.74 Å². The first-order chi connectivity index (χ1) is 11.2. The molecule has 0 atom stereocenters. The summed E-state index contributed by atoms with van der Waals surface area (Å²) >= 11 is 5.83. The third-order valence-electron chi connectivity index (χ3n) is 3.28.